The van der Waals surface area contributed by atoms with Crippen LogP contribution in [0.3, 0.4) is 0 Å². The van der Waals surface area contributed by atoms with Gasteiger partial charge in [0.2, 0.25) is 0 Å². The summed E-state index contributed by atoms with van der Waals surface area (Å²) in [6, 6.07) is 12.1. The number of aldehydes is 1. The van der Waals surface area contributed by atoms with Gasteiger partial charge in [0.15, 0.2) is 0 Å². The number of carbonyl (C=O) groups is 2. The van der Waals surface area contributed by atoms with Crippen LogP contribution in [0.25, 0.3) is 0 Å². The minimum absolute atomic E-state index is 0.136. The van der Waals surface area contributed by atoms with Crippen LogP contribution in [0.2, 0.25) is 0 Å². The molecule has 0 spiro atoms. The van der Waals surface area contributed by atoms with Crippen LogP contribution < -0.4 is 5.32 Å². The van der Waals surface area contributed by atoms with E-state index >= 15 is 0 Å². The lowest BCUT2D eigenvalue weighted by Crippen LogP contribution is -2.12. The van der Waals surface area contributed by atoms with Gasteiger partial charge in [-0.05, 0) is 55.0 Å². The van der Waals surface area contributed by atoms with E-state index in [0.717, 1.165) is 11.8 Å². The van der Waals surface area contributed by atoms with Crippen molar-refractivity contribution in [3.05, 3.63) is 53.6 Å². The number of rotatable bonds is 6. The number of anilines is 1. The Bertz CT molecular complexity index is 709. The second kappa shape index (κ2) is 7.12. The number of hydrogen-bond acceptors (Lipinski definition) is 5. The van der Waals surface area contributed by atoms with Gasteiger partial charge >= 0.3 is 5.97 Å². The molecule has 2 aromatic rings. The highest BCUT2D eigenvalue weighted by atomic mass is 16.4. The number of hydrogen-bond donors (Lipinski definition) is 2. The van der Waals surface area contributed by atoms with Crippen molar-refractivity contribution in [2.75, 3.05) is 11.9 Å². The van der Waals surface area contributed by atoms with Crippen molar-refractivity contribution in [2.45, 2.75) is 6.92 Å². The number of azo groups is 1. The molecule has 0 aliphatic rings. The van der Waals surface area contributed by atoms with Crippen molar-refractivity contribution in [1.82, 2.24) is 0 Å². The van der Waals surface area contributed by atoms with Gasteiger partial charge in [-0.25, -0.2) is 0 Å². The normalized spacial score (nSPS) is 10.6. The Morgan fingerprint density at radius 2 is 1.91 bits per heavy atom. The second-order valence-electron chi connectivity index (χ2n) is 4.66. The first-order chi connectivity index (χ1) is 10.6. The third-order valence-corrected chi connectivity index (χ3v) is 2.94. The molecule has 0 bridgehead atoms. The quantitative estimate of drug-likeness (QED) is 0.628. The molecule has 2 N–H and O–H groups in total. The SMILES string of the molecule is Cc1cc(NCC(=O)O)ccc1N=Nc1ccc(C=O)cc1. The molecule has 0 unspecified atom stereocenters. The first-order valence-electron chi connectivity index (χ1n) is 6.62. The van der Waals surface area contributed by atoms with Crippen LogP contribution in [0.5, 0.6) is 0 Å². The van der Waals surface area contributed by atoms with Crippen LogP contribution >= 0.6 is 0 Å². The molecule has 0 aromatic heterocycles. The van der Waals surface area contributed by atoms with E-state index < -0.39 is 5.97 Å². The summed E-state index contributed by atoms with van der Waals surface area (Å²) < 4.78 is 0. The van der Waals surface area contributed by atoms with Gasteiger partial charge in [-0.1, -0.05) is 0 Å². The zero-order valence-corrected chi connectivity index (χ0v) is 12.0. The molecule has 0 heterocycles. The zero-order chi connectivity index (χ0) is 15.9. The average molecular weight is 297 g/mol. The van der Waals surface area contributed by atoms with Gasteiger partial charge in [0.25, 0.3) is 0 Å². The Morgan fingerprint density at radius 1 is 1.18 bits per heavy atom. The second-order valence-corrected chi connectivity index (χ2v) is 4.66. The predicted molar refractivity (Wildman–Crippen MR) is 83.3 cm³/mol. The fourth-order valence-electron chi connectivity index (χ4n) is 1.79. The summed E-state index contributed by atoms with van der Waals surface area (Å²) in [6.07, 6.45) is 0.772. The summed E-state index contributed by atoms with van der Waals surface area (Å²) in [6.45, 7) is 1.74. The summed E-state index contributed by atoms with van der Waals surface area (Å²) in [5, 5.41) is 19.7. The Morgan fingerprint density at radius 3 is 2.50 bits per heavy atom. The van der Waals surface area contributed by atoms with Crippen LogP contribution in [0.1, 0.15) is 15.9 Å². The van der Waals surface area contributed by atoms with E-state index in [2.05, 4.69) is 15.5 Å². The first kappa shape index (κ1) is 15.4. The molecule has 22 heavy (non-hydrogen) atoms. The summed E-state index contributed by atoms with van der Waals surface area (Å²) >= 11 is 0. The Labute approximate surface area is 127 Å². The van der Waals surface area contributed by atoms with Gasteiger partial charge in [0.05, 0.1) is 11.4 Å². The van der Waals surface area contributed by atoms with Crippen molar-refractivity contribution in [3.63, 3.8) is 0 Å². The summed E-state index contributed by atoms with van der Waals surface area (Å²) in [7, 11) is 0. The lowest BCUT2D eigenvalue weighted by Gasteiger charge is -2.05. The maximum absolute atomic E-state index is 10.6. The maximum Gasteiger partial charge on any atom is 0.322 e. The molecule has 0 fully saturated rings. The highest BCUT2D eigenvalue weighted by Gasteiger charge is 2.01. The maximum atomic E-state index is 10.6. The van der Waals surface area contributed by atoms with Gasteiger partial charge in [-0.2, -0.15) is 10.2 Å². The van der Waals surface area contributed by atoms with Crippen molar-refractivity contribution >= 4 is 29.3 Å². The number of carboxylic acids is 1. The molecule has 0 aliphatic carbocycles. The molecule has 0 atom stereocenters. The lowest BCUT2D eigenvalue weighted by molar-refractivity contribution is -0.134. The van der Waals surface area contributed by atoms with E-state index in [0.29, 0.717) is 22.6 Å². The number of benzene rings is 2. The van der Waals surface area contributed by atoms with E-state index in [1.165, 1.54) is 0 Å². The third kappa shape index (κ3) is 4.24. The molecule has 0 radical (unpaired) electrons. The summed E-state index contributed by atoms with van der Waals surface area (Å²) in [5.74, 6) is -0.916. The van der Waals surface area contributed by atoms with Gasteiger partial charge in [-0.3, -0.25) is 9.59 Å². The van der Waals surface area contributed by atoms with E-state index in [1.807, 2.05) is 13.0 Å². The van der Waals surface area contributed by atoms with Crippen LogP contribution in [0, 0.1) is 6.92 Å². The Balaban J connectivity index is 2.09. The molecule has 0 saturated heterocycles. The zero-order valence-electron chi connectivity index (χ0n) is 12.0. The van der Waals surface area contributed by atoms with E-state index in [1.54, 1.807) is 36.4 Å². The van der Waals surface area contributed by atoms with Crippen LogP contribution in [-0.4, -0.2) is 23.9 Å². The topological polar surface area (TPSA) is 91.1 Å². The number of nitrogens with zero attached hydrogens (tertiary/aromatic N) is 2. The molecule has 0 aliphatic heterocycles. The number of nitrogens with one attached hydrogen (secondary N) is 1. The monoisotopic (exact) mass is 297 g/mol. The highest BCUT2D eigenvalue weighted by molar-refractivity contribution is 5.75. The van der Waals surface area contributed by atoms with Gasteiger partial charge in [0.1, 0.15) is 12.8 Å². The van der Waals surface area contributed by atoms with E-state index in [9.17, 15) is 9.59 Å². The van der Waals surface area contributed by atoms with Crippen LogP contribution in [0.4, 0.5) is 17.1 Å². The fourth-order valence-corrected chi connectivity index (χ4v) is 1.79. The molecule has 6 heteroatoms. The van der Waals surface area contributed by atoms with Crippen molar-refractivity contribution in [2.24, 2.45) is 10.2 Å². The molecule has 0 saturated carbocycles. The smallest absolute Gasteiger partial charge is 0.322 e. The number of aliphatic carboxylic acids is 1. The average Bonchev–Trinajstić information content (AvgIpc) is 2.52. The number of carboxylic acid groups (broad SMARTS) is 1. The minimum Gasteiger partial charge on any atom is -0.480 e. The minimum atomic E-state index is -0.916. The first-order valence-corrected chi connectivity index (χ1v) is 6.62. The number of carbonyl (C=O) groups excluding carboxylic acids is 1. The number of aryl methyl sites for hydroxylation is 1. The predicted octanol–water partition coefficient (Wildman–Crippen LogP) is 3.72. The molecule has 112 valence electrons. The molecular formula is C16H15N3O3. The Kier molecular flexibility index (Phi) is 4.98. The van der Waals surface area contributed by atoms with Gasteiger partial charge in [-0.15, -0.1) is 0 Å². The summed E-state index contributed by atoms with van der Waals surface area (Å²) in [5.41, 5.74) is 3.53. The van der Waals surface area contributed by atoms with Crippen molar-refractivity contribution < 1.29 is 14.7 Å². The largest absolute Gasteiger partial charge is 0.480 e. The molecule has 2 aromatic carbocycles. The van der Waals surface area contributed by atoms with Crippen molar-refractivity contribution in [1.29, 1.82) is 0 Å². The molecular weight excluding hydrogens is 282 g/mol. The third-order valence-electron chi connectivity index (χ3n) is 2.94. The molecule has 2 rings (SSSR count). The van der Waals surface area contributed by atoms with Gasteiger partial charge < -0.3 is 10.4 Å². The fraction of sp³-hybridized carbons (Fsp3) is 0.125. The Hall–Kier alpha value is -3.02. The van der Waals surface area contributed by atoms with Crippen LogP contribution in [-0.2, 0) is 4.79 Å². The highest BCUT2D eigenvalue weighted by Crippen LogP contribution is 2.24. The lowest BCUT2D eigenvalue weighted by atomic mass is 10.2. The summed E-state index contributed by atoms with van der Waals surface area (Å²) in [4.78, 5) is 21.1. The molecule has 0 amide bonds. The standard InChI is InChI=1S/C16H15N3O3/c1-11-8-14(17-9-16(21)22)6-7-15(11)19-18-13-4-2-12(10-20)3-5-13/h2-8,10,17H,9H2,1H3,(H,21,22). The van der Waals surface area contributed by atoms with Gasteiger partial charge in [0, 0.05) is 11.3 Å². The molecule has 6 nitrogen and oxygen atoms in total. The van der Waals surface area contributed by atoms with E-state index in [4.69, 9.17) is 5.11 Å². The van der Waals surface area contributed by atoms with E-state index in [-0.39, 0.29) is 6.54 Å². The van der Waals surface area contributed by atoms with Crippen LogP contribution in [0.15, 0.2) is 52.7 Å². The van der Waals surface area contributed by atoms with Crippen molar-refractivity contribution in [3.8, 4) is 0 Å².